The first kappa shape index (κ1) is 13.3. The highest BCUT2D eigenvalue weighted by Gasteiger charge is 2.54. The Labute approximate surface area is 117 Å². The second kappa shape index (κ2) is 4.72. The second-order valence-corrected chi connectivity index (χ2v) is 6.47. The van der Waals surface area contributed by atoms with Crippen LogP contribution >= 0.6 is 11.6 Å². The van der Waals surface area contributed by atoms with Gasteiger partial charge < -0.3 is 10.8 Å². The van der Waals surface area contributed by atoms with Gasteiger partial charge in [0.1, 0.15) is 5.82 Å². The Kier molecular flexibility index (Phi) is 3.32. The van der Waals surface area contributed by atoms with Gasteiger partial charge in [-0.25, -0.2) is 4.39 Å². The van der Waals surface area contributed by atoms with Crippen molar-refractivity contribution in [2.75, 3.05) is 6.54 Å². The lowest BCUT2D eigenvalue weighted by molar-refractivity contribution is -0.0151. The van der Waals surface area contributed by atoms with Crippen molar-refractivity contribution in [1.29, 1.82) is 0 Å². The molecule has 2 saturated carbocycles. The van der Waals surface area contributed by atoms with Gasteiger partial charge in [-0.3, -0.25) is 0 Å². The molecular weight excluding hydrogens is 265 g/mol. The molecule has 0 spiro atoms. The molecule has 2 aliphatic carbocycles. The summed E-state index contributed by atoms with van der Waals surface area (Å²) in [5.74, 6) is 0.550. The van der Waals surface area contributed by atoms with E-state index in [-0.39, 0.29) is 10.4 Å². The van der Waals surface area contributed by atoms with Crippen LogP contribution in [-0.4, -0.2) is 11.7 Å². The van der Waals surface area contributed by atoms with Crippen LogP contribution in [0.5, 0.6) is 0 Å². The largest absolute Gasteiger partial charge is 0.388 e. The molecule has 2 aliphatic rings. The van der Waals surface area contributed by atoms with Gasteiger partial charge in [-0.15, -0.1) is 0 Å². The number of aliphatic hydroxyl groups excluding tert-OH is 1. The molecule has 0 saturated heterocycles. The van der Waals surface area contributed by atoms with Crippen LogP contribution in [0.25, 0.3) is 0 Å². The molecule has 2 bridgehead atoms. The molecule has 0 aliphatic heterocycles. The van der Waals surface area contributed by atoms with Gasteiger partial charge in [0, 0.05) is 17.5 Å². The Morgan fingerprint density at radius 1 is 1.47 bits per heavy atom. The van der Waals surface area contributed by atoms with Gasteiger partial charge in [-0.1, -0.05) is 30.2 Å². The maximum Gasteiger partial charge on any atom is 0.147 e. The summed E-state index contributed by atoms with van der Waals surface area (Å²) in [6.07, 6.45) is 3.49. The number of fused-ring (bicyclic) bond motifs is 2. The van der Waals surface area contributed by atoms with E-state index in [1.165, 1.54) is 12.5 Å². The topological polar surface area (TPSA) is 46.2 Å². The fourth-order valence-electron chi connectivity index (χ4n) is 4.22. The molecule has 0 aromatic heterocycles. The van der Waals surface area contributed by atoms with Crippen LogP contribution in [0.2, 0.25) is 5.02 Å². The summed E-state index contributed by atoms with van der Waals surface area (Å²) in [6, 6.07) is 4.81. The van der Waals surface area contributed by atoms with Crippen molar-refractivity contribution in [3.8, 4) is 0 Å². The molecule has 2 nitrogen and oxygen atoms in total. The third-order valence-electron chi connectivity index (χ3n) is 5.22. The van der Waals surface area contributed by atoms with Crippen molar-refractivity contribution in [1.82, 2.24) is 0 Å². The van der Waals surface area contributed by atoms with E-state index >= 15 is 0 Å². The van der Waals surface area contributed by atoms with E-state index in [0.717, 1.165) is 19.3 Å². The minimum atomic E-state index is -0.855. The van der Waals surface area contributed by atoms with Gasteiger partial charge in [0.25, 0.3) is 0 Å². The SMILES string of the molecule is NCC1(C(O)c2cccc(Cl)c2F)CC2CCC1C2. The van der Waals surface area contributed by atoms with E-state index in [1.54, 1.807) is 12.1 Å². The van der Waals surface area contributed by atoms with Gasteiger partial charge in [-0.2, -0.15) is 0 Å². The molecule has 19 heavy (non-hydrogen) atoms. The van der Waals surface area contributed by atoms with Crippen molar-refractivity contribution in [2.45, 2.75) is 31.8 Å². The molecule has 4 unspecified atom stereocenters. The Bertz CT molecular complexity index is 495. The molecule has 1 aromatic rings. The van der Waals surface area contributed by atoms with Gasteiger partial charge in [0.15, 0.2) is 0 Å². The molecule has 1 aromatic carbocycles. The number of hydrogen-bond acceptors (Lipinski definition) is 2. The highest BCUT2D eigenvalue weighted by atomic mass is 35.5. The first-order chi connectivity index (χ1) is 9.08. The maximum absolute atomic E-state index is 14.1. The van der Waals surface area contributed by atoms with Crippen LogP contribution in [-0.2, 0) is 0 Å². The van der Waals surface area contributed by atoms with Gasteiger partial charge in [0.05, 0.1) is 11.1 Å². The van der Waals surface area contributed by atoms with Crippen LogP contribution in [0.3, 0.4) is 0 Å². The predicted octanol–water partition coefficient (Wildman–Crippen LogP) is 3.28. The summed E-state index contributed by atoms with van der Waals surface area (Å²) < 4.78 is 14.1. The zero-order chi connectivity index (χ0) is 13.6. The van der Waals surface area contributed by atoms with Gasteiger partial charge >= 0.3 is 0 Å². The smallest absolute Gasteiger partial charge is 0.147 e. The standard InChI is InChI=1S/C15H19ClFNO/c16-12-3-1-2-11(13(12)17)14(19)15(8-18)7-9-4-5-10(15)6-9/h1-3,9-10,14,19H,4-8,18H2. The van der Waals surface area contributed by atoms with Crippen LogP contribution < -0.4 is 5.73 Å². The quantitative estimate of drug-likeness (QED) is 0.894. The third-order valence-corrected chi connectivity index (χ3v) is 5.52. The van der Waals surface area contributed by atoms with Crippen LogP contribution in [0.15, 0.2) is 18.2 Å². The number of hydrogen-bond donors (Lipinski definition) is 2. The molecule has 104 valence electrons. The second-order valence-electron chi connectivity index (χ2n) is 6.06. The summed E-state index contributed by atoms with van der Waals surface area (Å²) in [5, 5.41) is 10.8. The van der Waals surface area contributed by atoms with Crippen molar-refractivity contribution in [3.05, 3.63) is 34.6 Å². The summed E-state index contributed by atoms with van der Waals surface area (Å²) in [7, 11) is 0. The molecular formula is C15H19ClFNO. The van der Waals surface area contributed by atoms with E-state index in [2.05, 4.69) is 0 Å². The van der Waals surface area contributed by atoms with Gasteiger partial charge in [-0.05, 0) is 37.2 Å². The minimum absolute atomic E-state index is 0.0619. The number of nitrogens with two attached hydrogens (primary N) is 1. The van der Waals surface area contributed by atoms with Crippen LogP contribution in [0, 0.1) is 23.1 Å². The lowest BCUT2D eigenvalue weighted by Gasteiger charge is -2.41. The molecule has 2 fully saturated rings. The number of aliphatic hydroxyl groups is 1. The van der Waals surface area contributed by atoms with E-state index < -0.39 is 11.9 Å². The fourth-order valence-corrected chi connectivity index (χ4v) is 4.41. The first-order valence-corrected chi connectivity index (χ1v) is 7.28. The molecule has 4 heteroatoms. The third kappa shape index (κ3) is 1.91. The summed E-state index contributed by atoms with van der Waals surface area (Å²) in [5.41, 5.74) is 5.90. The zero-order valence-corrected chi connectivity index (χ0v) is 11.5. The molecule has 0 heterocycles. The number of halogens is 2. The molecule has 3 N–H and O–H groups in total. The summed E-state index contributed by atoms with van der Waals surface area (Å²) >= 11 is 5.81. The van der Waals surface area contributed by atoms with E-state index in [0.29, 0.717) is 23.9 Å². The van der Waals surface area contributed by atoms with Crippen LogP contribution in [0.1, 0.15) is 37.4 Å². The lowest BCUT2D eigenvalue weighted by Crippen LogP contribution is -2.41. The van der Waals surface area contributed by atoms with Crippen molar-refractivity contribution in [3.63, 3.8) is 0 Å². The Hall–Kier alpha value is -0.640. The van der Waals surface area contributed by atoms with E-state index in [1.807, 2.05) is 0 Å². The highest BCUT2D eigenvalue weighted by Crippen LogP contribution is 2.60. The lowest BCUT2D eigenvalue weighted by atomic mass is 9.67. The minimum Gasteiger partial charge on any atom is -0.388 e. The van der Waals surface area contributed by atoms with Crippen molar-refractivity contribution < 1.29 is 9.50 Å². The maximum atomic E-state index is 14.1. The molecule has 3 rings (SSSR count). The Morgan fingerprint density at radius 2 is 2.26 bits per heavy atom. The average Bonchev–Trinajstić information content (AvgIpc) is 3.02. The fraction of sp³-hybridized carbons (Fsp3) is 0.600. The van der Waals surface area contributed by atoms with E-state index in [9.17, 15) is 9.50 Å². The normalized spacial score (nSPS) is 34.7. The monoisotopic (exact) mass is 283 g/mol. The van der Waals surface area contributed by atoms with Gasteiger partial charge in [0.2, 0.25) is 0 Å². The number of rotatable bonds is 3. The molecule has 0 radical (unpaired) electrons. The summed E-state index contributed by atoms with van der Waals surface area (Å²) in [6.45, 7) is 0.404. The number of benzene rings is 1. The first-order valence-electron chi connectivity index (χ1n) is 6.90. The zero-order valence-electron chi connectivity index (χ0n) is 10.8. The highest BCUT2D eigenvalue weighted by molar-refractivity contribution is 6.30. The van der Waals surface area contributed by atoms with Crippen molar-refractivity contribution >= 4 is 11.6 Å². The molecule has 0 amide bonds. The summed E-state index contributed by atoms with van der Waals surface area (Å²) in [4.78, 5) is 0. The molecule has 4 atom stereocenters. The van der Waals surface area contributed by atoms with Crippen molar-refractivity contribution in [2.24, 2.45) is 23.0 Å². The predicted molar refractivity (Wildman–Crippen MR) is 73.3 cm³/mol. The van der Waals surface area contributed by atoms with E-state index in [4.69, 9.17) is 17.3 Å². The average molecular weight is 284 g/mol. The Balaban J connectivity index is 1.98. The Morgan fingerprint density at radius 3 is 2.84 bits per heavy atom. The van der Waals surface area contributed by atoms with Crippen LogP contribution in [0.4, 0.5) is 4.39 Å².